The van der Waals surface area contributed by atoms with Gasteiger partial charge in [-0.1, -0.05) is 12.1 Å². The van der Waals surface area contributed by atoms with E-state index in [2.05, 4.69) is 28.4 Å². The molecule has 1 saturated heterocycles. The van der Waals surface area contributed by atoms with Crippen molar-refractivity contribution < 1.29 is 4.79 Å². The van der Waals surface area contributed by atoms with Gasteiger partial charge in [0.25, 0.3) is 0 Å². The van der Waals surface area contributed by atoms with Crippen molar-refractivity contribution in [3.8, 4) is 0 Å². The number of hydrogen-bond acceptors (Lipinski definition) is 2. The van der Waals surface area contributed by atoms with Crippen LogP contribution in [0.2, 0.25) is 0 Å². The molecule has 0 radical (unpaired) electrons. The zero-order valence-electron chi connectivity index (χ0n) is 9.16. The second kappa shape index (κ2) is 3.93. The first kappa shape index (κ1) is 10.0. The Bertz CT molecular complexity index is 374. The average molecular weight is 204 g/mol. The highest BCUT2D eigenvalue weighted by Crippen LogP contribution is 2.25. The Morgan fingerprint density at radius 2 is 2.20 bits per heavy atom. The SMILES string of the molecule is CN(C)c1cccc(C2CNC(=O)C2)c1. The molecule has 1 unspecified atom stereocenters. The van der Waals surface area contributed by atoms with E-state index in [0.29, 0.717) is 12.3 Å². The van der Waals surface area contributed by atoms with Gasteiger partial charge in [-0.2, -0.15) is 0 Å². The Morgan fingerprint density at radius 3 is 2.80 bits per heavy atom. The largest absolute Gasteiger partial charge is 0.378 e. The van der Waals surface area contributed by atoms with Crippen molar-refractivity contribution >= 4 is 11.6 Å². The Morgan fingerprint density at radius 1 is 1.40 bits per heavy atom. The number of carbonyl (C=O) groups is 1. The number of benzene rings is 1. The predicted octanol–water partition coefficient (Wildman–Crippen LogP) is 1.36. The van der Waals surface area contributed by atoms with Crippen LogP contribution in [0.3, 0.4) is 0 Å². The van der Waals surface area contributed by atoms with Gasteiger partial charge >= 0.3 is 0 Å². The molecule has 0 aliphatic carbocycles. The summed E-state index contributed by atoms with van der Waals surface area (Å²) in [5, 5.41) is 2.86. The molecule has 1 aliphatic heterocycles. The maximum Gasteiger partial charge on any atom is 0.220 e. The standard InChI is InChI=1S/C12H16N2O/c1-14(2)11-5-3-4-9(6-11)10-7-12(15)13-8-10/h3-6,10H,7-8H2,1-2H3,(H,13,15). The average Bonchev–Trinajstić information content (AvgIpc) is 2.65. The number of nitrogens with zero attached hydrogens (tertiary/aromatic N) is 1. The van der Waals surface area contributed by atoms with Gasteiger partial charge < -0.3 is 10.2 Å². The van der Waals surface area contributed by atoms with Crippen LogP contribution in [-0.4, -0.2) is 26.5 Å². The van der Waals surface area contributed by atoms with Gasteiger partial charge in [0.15, 0.2) is 0 Å². The fraction of sp³-hybridized carbons (Fsp3) is 0.417. The van der Waals surface area contributed by atoms with Crippen LogP contribution < -0.4 is 10.2 Å². The number of amides is 1. The molecule has 15 heavy (non-hydrogen) atoms. The molecule has 3 heteroatoms. The van der Waals surface area contributed by atoms with E-state index in [9.17, 15) is 4.79 Å². The monoisotopic (exact) mass is 204 g/mol. The summed E-state index contributed by atoms with van der Waals surface area (Å²) < 4.78 is 0. The van der Waals surface area contributed by atoms with E-state index in [1.165, 1.54) is 11.3 Å². The van der Waals surface area contributed by atoms with E-state index in [4.69, 9.17) is 0 Å². The maximum atomic E-state index is 11.1. The minimum atomic E-state index is 0.162. The van der Waals surface area contributed by atoms with Crippen LogP contribution in [0.1, 0.15) is 17.9 Å². The molecule has 1 aliphatic rings. The van der Waals surface area contributed by atoms with Crippen LogP contribution in [0.4, 0.5) is 5.69 Å². The molecule has 0 bridgehead atoms. The molecule has 1 amide bonds. The first-order chi connectivity index (χ1) is 7.16. The van der Waals surface area contributed by atoms with E-state index >= 15 is 0 Å². The lowest BCUT2D eigenvalue weighted by molar-refractivity contribution is -0.119. The van der Waals surface area contributed by atoms with E-state index in [1.54, 1.807) is 0 Å². The number of carbonyl (C=O) groups excluding carboxylic acids is 1. The molecule has 0 saturated carbocycles. The van der Waals surface area contributed by atoms with Crippen molar-refractivity contribution in [1.29, 1.82) is 0 Å². The van der Waals surface area contributed by atoms with Crippen LogP contribution in [0.5, 0.6) is 0 Å². The van der Waals surface area contributed by atoms with Crippen molar-refractivity contribution in [2.75, 3.05) is 25.5 Å². The first-order valence-corrected chi connectivity index (χ1v) is 5.21. The highest BCUT2D eigenvalue weighted by atomic mass is 16.1. The number of hydrogen-bond donors (Lipinski definition) is 1. The third-order valence-electron chi connectivity index (χ3n) is 2.84. The topological polar surface area (TPSA) is 32.3 Å². The molecule has 3 nitrogen and oxygen atoms in total. The predicted molar refractivity (Wildman–Crippen MR) is 61.1 cm³/mol. The van der Waals surface area contributed by atoms with Crippen LogP contribution >= 0.6 is 0 Å². The Hall–Kier alpha value is -1.51. The molecule has 1 aromatic rings. The lowest BCUT2D eigenvalue weighted by atomic mass is 9.98. The lowest BCUT2D eigenvalue weighted by Crippen LogP contribution is -2.13. The highest BCUT2D eigenvalue weighted by Gasteiger charge is 2.22. The molecular weight excluding hydrogens is 188 g/mol. The van der Waals surface area contributed by atoms with Gasteiger partial charge in [-0.05, 0) is 17.7 Å². The normalized spacial score (nSPS) is 20.1. The fourth-order valence-corrected chi connectivity index (χ4v) is 1.90. The Balaban J connectivity index is 2.21. The summed E-state index contributed by atoms with van der Waals surface area (Å²) in [4.78, 5) is 13.2. The molecule has 80 valence electrons. The van der Waals surface area contributed by atoms with Crippen LogP contribution in [0.25, 0.3) is 0 Å². The first-order valence-electron chi connectivity index (χ1n) is 5.21. The minimum absolute atomic E-state index is 0.162. The van der Waals surface area contributed by atoms with Gasteiger partial charge in [-0.3, -0.25) is 4.79 Å². The molecule has 1 heterocycles. The van der Waals surface area contributed by atoms with Crippen molar-refractivity contribution in [3.63, 3.8) is 0 Å². The summed E-state index contributed by atoms with van der Waals surface area (Å²) in [7, 11) is 4.05. The summed E-state index contributed by atoms with van der Waals surface area (Å²) in [5.74, 6) is 0.507. The number of nitrogens with one attached hydrogen (secondary N) is 1. The quantitative estimate of drug-likeness (QED) is 0.788. The van der Waals surface area contributed by atoms with Gasteiger partial charge in [0, 0.05) is 38.7 Å². The van der Waals surface area contributed by atoms with Crippen LogP contribution in [0.15, 0.2) is 24.3 Å². The zero-order chi connectivity index (χ0) is 10.8. The van der Waals surface area contributed by atoms with Gasteiger partial charge in [0.2, 0.25) is 5.91 Å². The summed E-state index contributed by atoms with van der Waals surface area (Å²) >= 11 is 0. The zero-order valence-corrected chi connectivity index (χ0v) is 9.16. The van der Waals surface area contributed by atoms with Crippen LogP contribution in [-0.2, 0) is 4.79 Å². The number of rotatable bonds is 2. The second-order valence-electron chi connectivity index (χ2n) is 4.19. The molecular formula is C12H16N2O. The number of anilines is 1. The third-order valence-corrected chi connectivity index (χ3v) is 2.84. The van der Waals surface area contributed by atoms with Gasteiger partial charge in [-0.15, -0.1) is 0 Å². The lowest BCUT2D eigenvalue weighted by Gasteiger charge is -2.15. The van der Waals surface area contributed by atoms with Crippen molar-refractivity contribution in [2.24, 2.45) is 0 Å². The van der Waals surface area contributed by atoms with Crippen LogP contribution in [0, 0.1) is 0 Å². The van der Waals surface area contributed by atoms with Crippen molar-refractivity contribution in [1.82, 2.24) is 5.32 Å². The molecule has 1 aromatic carbocycles. The van der Waals surface area contributed by atoms with Gasteiger partial charge in [0.1, 0.15) is 0 Å². The van der Waals surface area contributed by atoms with Crippen molar-refractivity contribution in [3.05, 3.63) is 29.8 Å². The molecule has 1 fully saturated rings. The van der Waals surface area contributed by atoms with E-state index in [0.717, 1.165) is 6.54 Å². The van der Waals surface area contributed by atoms with Crippen molar-refractivity contribution in [2.45, 2.75) is 12.3 Å². The fourth-order valence-electron chi connectivity index (χ4n) is 1.90. The molecule has 1 atom stereocenters. The smallest absolute Gasteiger partial charge is 0.220 e. The summed E-state index contributed by atoms with van der Waals surface area (Å²) in [6, 6.07) is 8.38. The van der Waals surface area contributed by atoms with E-state index < -0.39 is 0 Å². The summed E-state index contributed by atoms with van der Waals surface area (Å²) in [6.45, 7) is 0.774. The third kappa shape index (κ3) is 2.12. The Kier molecular flexibility index (Phi) is 2.62. The van der Waals surface area contributed by atoms with Gasteiger partial charge in [-0.25, -0.2) is 0 Å². The maximum absolute atomic E-state index is 11.1. The molecule has 0 aromatic heterocycles. The molecule has 2 rings (SSSR count). The molecule has 1 N–H and O–H groups in total. The highest BCUT2D eigenvalue weighted by molar-refractivity contribution is 5.79. The summed E-state index contributed by atoms with van der Waals surface area (Å²) in [5.41, 5.74) is 2.44. The van der Waals surface area contributed by atoms with E-state index in [-0.39, 0.29) is 5.91 Å². The summed E-state index contributed by atoms with van der Waals surface area (Å²) in [6.07, 6.45) is 0.622. The Labute approximate surface area is 90.1 Å². The second-order valence-corrected chi connectivity index (χ2v) is 4.19. The minimum Gasteiger partial charge on any atom is -0.378 e. The van der Waals surface area contributed by atoms with E-state index in [1.807, 2.05) is 20.2 Å². The van der Waals surface area contributed by atoms with Gasteiger partial charge in [0.05, 0.1) is 0 Å². The molecule has 0 spiro atoms.